The molecule has 0 unspecified atom stereocenters. The van der Waals surface area contributed by atoms with E-state index in [1.807, 2.05) is 39.3 Å². The van der Waals surface area contributed by atoms with Gasteiger partial charge in [0.2, 0.25) is 0 Å². The number of aromatic nitrogens is 2. The Bertz CT molecular complexity index is 488. The maximum Gasteiger partial charge on any atom is 0.0596 e. The van der Waals surface area contributed by atoms with E-state index < -0.39 is 0 Å². The van der Waals surface area contributed by atoms with Gasteiger partial charge in [-0.1, -0.05) is 12.1 Å². The van der Waals surface area contributed by atoms with Crippen molar-refractivity contribution < 1.29 is 0 Å². The highest BCUT2D eigenvalue weighted by Crippen LogP contribution is 2.24. The maximum atomic E-state index is 4.02. The first-order valence-corrected chi connectivity index (χ1v) is 5.67. The Hall–Kier alpha value is -1.97. The highest BCUT2D eigenvalue weighted by Gasteiger charge is 2.04. The maximum absolute atomic E-state index is 4.02. The number of rotatable bonds is 4. The summed E-state index contributed by atoms with van der Waals surface area (Å²) in [6.07, 6.45) is 1.86. The first kappa shape index (κ1) is 11.5. The Labute approximate surface area is 102 Å². The van der Waals surface area contributed by atoms with Gasteiger partial charge < -0.3 is 10.2 Å². The van der Waals surface area contributed by atoms with Crippen molar-refractivity contribution in [3.8, 4) is 0 Å². The summed E-state index contributed by atoms with van der Waals surface area (Å²) in [7, 11) is 4.09. The summed E-state index contributed by atoms with van der Waals surface area (Å²) in [6, 6.07) is 8.27. The lowest BCUT2D eigenvalue weighted by Crippen LogP contribution is -2.12. The standard InChI is InChI=1S/C13H18N4/c1-10-11(9-15-16-10)8-14-12-6-4-5-7-13(12)17(2)3/h4-7,9,14H,8H2,1-3H3,(H,15,16). The fraction of sp³-hybridized carbons (Fsp3) is 0.308. The van der Waals surface area contributed by atoms with Gasteiger partial charge >= 0.3 is 0 Å². The minimum absolute atomic E-state index is 0.785. The topological polar surface area (TPSA) is 44.0 Å². The monoisotopic (exact) mass is 230 g/mol. The van der Waals surface area contributed by atoms with Crippen molar-refractivity contribution in [2.75, 3.05) is 24.3 Å². The van der Waals surface area contributed by atoms with Crippen molar-refractivity contribution in [3.05, 3.63) is 41.7 Å². The molecule has 0 aliphatic heterocycles. The lowest BCUT2D eigenvalue weighted by molar-refractivity contribution is 1.04. The van der Waals surface area contributed by atoms with Crippen LogP contribution in [0.2, 0.25) is 0 Å². The quantitative estimate of drug-likeness (QED) is 0.847. The molecule has 2 aromatic rings. The first-order chi connectivity index (χ1) is 8.18. The lowest BCUT2D eigenvalue weighted by atomic mass is 10.2. The summed E-state index contributed by atoms with van der Waals surface area (Å²) >= 11 is 0. The van der Waals surface area contributed by atoms with Gasteiger partial charge in [-0.3, -0.25) is 5.10 Å². The molecule has 0 atom stereocenters. The van der Waals surface area contributed by atoms with Gasteiger partial charge in [0.1, 0.15) is 0 Å². The van der Waals surface area contributed by atoms with Gasteiger partial charge in [-0.15, -0.1) is 0 Å². The average molecular weight is 230 g/mol. The van der Waals surface area contributed by atoms with Crippen molar-refractivity contribution in [3.63, 3.8) is 0 Å². The Morgan fingerprint density at radius 2 is 2.06 bits per heavy atom. The van der Waals surface area contributed by atoms with Gasteiger partial charge in [-0.25, -0.2) is 0 Å². The Morgan fingerprint density at radius 1 is 1.29 bits per heavy atom. The van der Waals surface area contributed by atoms with Gasteiger partial charge in [-0.2, -0.15) is 5.10 Å². The molecule has 0 radical (unpaired) electrons. The van der Waals surface area contributed by atoms with Gasteiger partial charge in [0.15, 0.2) is 0 Å². The fourth-order valence-corrected chi connectivity index (χ4v) is 1.76. The molecule has 0 aliphatic carbocycles. The molecule has 0 saturated heterocycles. The van der Waals surface area contributed by atoms with E-state index in [1.165, 1.54) is 11.3 Å². The van der Waals surface area contributed by atoms with Crippen molar-refractivity contribution in [1.82, 2.24) is 10.2 Å². The smallest absolute Gasteiger partial charge is 0.0596 e. The van der Waals surface area contributed by atoms with E-state index in [0.717, 1.165) is 17.9 Å². The second-order valence-corrected chi connectivity index (χ2v) is 4.29. The second kappa shape index (κ2) is 4.91. The molecule has 2 rings (SSSR count). The molecule has 1 aromatic heterocycles. The number of hydrogen-bond donors (Lipinski definition) is 2. The molecule has 2 N–H and O–H groups in total. The summed E-state index contributed by atoms with van der Waals surface area (Å²) in [6.45, 7) is 2.81. The van der Waals surface area contributed by atoms with Crippen LogP contribution in [-0.4, -0.2) is 24.3 Å². The van der Waals surface area contributed by atoms with Crippen LogP contribution >= 0.6 is 0 Å². The van der Waals surface area contributed by atoms with Gasteiger partial charge in [0.25, 0.3) is 0 Å². The van der Waals surface area contributed by atoms with Crippen LogP contribution in [0, 0.1) is 6.92 Å². The largest absolute Gasteiger partial charge is 0.379 e. The number of aromatic amines is 1. The van der Waals surface area contributed by atoms with Crippen LogP contribution < -0.4 is 10.2 Å². The highest BCUT2D eigenvalue weighted by molar-refractivity contribution is 5.69. The second-order valence-electron chi connectivity index (χ2n) is 4.29. The van der Waals surface area contributed by atoms with E-state index in [2.05, 4.69) is 32.5 Å². The Morgan fingerprint density at radius 3 is 2.71 bits per heavy atom. The van der Waals surface area contributed by atoms with Crippen LogP contribution in [0.4, 0.5) is 11.4 Å². The third-order valence-corrected chi connectivity index (χ3v) is 2.79. The summed E-state index contributed by atoms with van der Waals surface area (Å²) in [5.74, 6) is 0. The summed E-state index contributed by atoms with van der Waals surface area (Å²) in [5.41, 5.74) is 4.63. The molecule has 17 heavy (non-hydrogen) atoms. The van der Waals surface area contributed by atoms with Crippen molar-refractivity contribution in [1.29, 1.82) is 0 Å². The normalized spacial score (nSPS) is 10.3. The predicted octanol–water partition coefficient (Wildman–Crippen LogP) is 2.40. The first-order valence-electron chi connectivity index (χ1n) is 5.67. The van der Waals surface area contributed by atoms with E-state index in [4.69, 9.17) is 0 Å². The fourth-order valence-electron chi connectivity index (χ4n) is 1.76. The van der Waals surface area contributed by atoms with Gasteiger partial charge in [0, 0.05) is 31.9 Å². The summed E-state index contributed by atoms with van der Waals surface area (Å²) in [4.78, 5) is 2.10. The van der Waals surface area contributed by atoms with E-state index in [-0.39, 0.29) is 0 Å². The summed E-state index contributed by atoms with van der Waals surface area (Å²) < 4.78 is 0. The van der Waals surface area contributed by atoms with E-state index in [9.17, 15) is 0 Å². The third-order valence-electron chi connectivity index (χ3n) is 2.79. The molecule has 0 fully saturated rings. The minimum atomic E-state index is 0.785. The number of nitrogens with one attached hydrogen (secondary N) is 2. The number of anilines is 2. The van der Waals surface area contributed by atoms with Crippen LogP contribution in [0.3, 0.4) is 0 Å². The number of para-hydroxylation sites is 2. The molecular weight excluding hydrogens is 212 g/mol. The van der Waals surface area contributed by atoms with E-state index in [0.29, 0.717) is 0 Å². The van der Waals surface area contributed by atoms with Crippen LogP contribution in [0.25, 0.3) is 0 Å². The SMILES string of the molecule is Cc1[nH]ncc1CNc1ccccc1N(C)C. The third kappa shape index (κ3) is 2.58. The lowest BCUT2D eigenvalue weighted by Gasteiger charge is -2.18. The summed E-state index contributed by atoms with van der Waals surface area (Å²) in [5, 5.41) is 10.4. The number of aryl methyl sites for hydroxylation is 1. The minimum Gasteiger partial charge on any atom is -0.379 e. The van der Waals surface area contributed by atoms with Gasteiger partial charge in [0.05, 0.1) is 17.6 Å². The highest BCUT2D eigenvalue weighted by atomic mass is 15.1. The molecular formula is C13H18N4. The van der Waals surface area contributed by atoms with Crippen LogP contribution in [-0.2, 0) is 6.54 Å². The number of hydrogen-bond acceptors (Lipinski definition) is 3. The average Bonchev–Trinajstić information content (AvgIpc) is 2.72. The van der Waals surface area contributed by atoms with E-state index in [1.54, 1.807) is 0 Å². The van der Waals surface area contributed by atoms with Crippen LogP contribution in [0.5, 0.6) is 0 Å². The predicted molar refractivity (Wildman–Crippen MR) is 71.4 cm³/mol. The number of H-pyrrole nitrogens is 1. The number of nitrogens with zero attached hydrogens (tertiary/aromatic N) is 2. The molecule has 1 aromatic carbocycles. The van der Waals surface area contributed by atoms with Crippen LogP contribution in [0.15, 0.2) is 30.5 Å². The van der Waals surface area contributed by atoms with Gasteiger partial charge in [-0.05, 0) is 19.1 Å². The number of benzene rings is 1. The zero-order valence-electron chi connectivity index (χ0n) is 10.5. The van der Waals surface area contributed by atoms with Crippen LogP contribution in [0.1, 0.15) is 11.3 Å². The molecule has 90 valence electrons. The zero-order valence-corrected chi connectivity index (χ0v) is 10.5. The Balaban J connectivity index is 2.11. The zero-order chi connectivity index (χ0) is 12.3. The molecule has 0 amide bonds. The molecule has 1 heterocycles. The molecule has 0 bridgehead atoms. The molecule has 0 spiro atoms. The van der Waals surface area contributed by atoms with E-state index >= 15 is 0 Å². The van der Waals surface area contributed by atoms with Crippen molar-refractivity contribution in [2.24, 2.45) is 0 Å². The molecule has 0 saturated carbocycles. The Kier molecular flexibility index (Phi) is 3.32. The van der Waals surface area contributed by atoms with Crippen molar-refractivity contribution in [2.45, 2.75) is 13.5 Å². The molecule has 4 nitrogen and oxygen atoms in total. The van der Waals surface area contributed by atoms with Crippen molar-refractivity contribution >= 4 is 11.4 Å². The molecule has 0 aliphatic rings. The molecule has 4 heteroatoms.